The van der Waals surface area contributed by atoms with Crippen molar-refractivity contribution in [2.75, 3.05) is 11.1 Å². The minimum Gasteiger partial charge on any atom is -0.744 e. The summed E-state index contributed by atoms with van der Waals surface area (Å²) in [6.07, 6.45) is 0. The fourth-order valence-electron chi connectivity index (χ4n) is 3.14. The molecule has 23 heteroatoms. The second-order valence-corrected chi connectivity index (χ2v) is 12.5. The maximum atomic E-state index is 12.9. The van der Waals surface area contributed by atoms with E-state index in [0.29, 0.717) is 24.3 Å². The van der Waals surface area contributed by atoms with Crippen molar-refractivity contribution in [1.82, 2.24) is 0 Å². The van der Waals surface area contributed by atoms with E-state index < -0.39 is 88.0 Å². The molecule has 3 aromatic carbocycles. The Morgan fingerprint density at radius 3 is 1.50 bits per heavy atom. The molecule has 15 nitrogen and oxygen atoms in total. The second-order valence-electron chi connectivity index (χ2n) is 7.02. The van der Waals surface area contributed by atoms with Crippen molar-refractivity contribution in [3.63, 3.8) is 0 Å². The van der Waals surface area contributed by atoms with Gasteiger partial charge in [0.05, 0.1) is 30.8 Å². The molecule has 194 valence electrons. The average molecular weight is 670 g/mol. The van der Waals surface area contributed by atoms with E-state index >= 15 is 0 Å². The topological polar surface area (TPSA) is 284 Å². The zero-order valence-corrected chi connectivity index (χ0v) is 32.3. The van der Waals surface area contributed by atoms with Gasteiger partial charge in [-0.25, -0.2) is 33.7 Å². The van der Waals surface area contributed by atoms with Crippen molar-refractivity contribution in [2.45, 2.75) is 19.6 Å². The first kappa shape index (κ1) is 43.0. The SMILES string of the molecule is Nc1ccc(S(=O)(=O)[O-])c(C(=O)Nc2cc(S(=O)(=O)[O-])cc3cc(S(=O)(=O)[O-])cc(S(=O)(=O)[O-])c23)c1.[Na+].[Na+].[Na+].[Na+]. The molecule has 0 unspecified atom stereocenters. The van der Waals surface area contributed by atoms with Gasteiger partial charge >= 0.3 is 118 Å². The molecule has 0 bridgehead atoms. The molecule has 0 fully saturated rings. The van der Waals surface area contributed by atoms with E-state index in [4.69, 9.17) is 5.73 Å². The Kier molecular flexibility index (Phi) is 16.3. The minimum atomic E-state index is -5.62. The number of anilines is 2. The first-order valence-electron chi connectivity index (χ1n) is 8.86. The van der Waals surface area contributed by atoms with Crippen LogP contribution >= 0.6 is 0 Å². The van der Waals surface area contributed by atoms with Gasteiger partial charge in [-0.2, -0.15) is 0 Å². The van der Waals surface area contributed by atoms with Gasteiger partial charge in [-0.3, -0.25) is 4.79 Å². The van der Waals surface area contributed by atoms with Crippen molar-refractivity contribution in [3.8, 4) is 0 Å². The van der Waals surface area contributed by atoms with E-state index in [9.17, 15) is 56.7 Å². The standard InChI is InChI=1S/C17H14N2O13S4.4Na/c18-9-1-2-14(35(27,28)29)12(5-9)17(20)19-13-6-10(33(21,22)23)3-8-4-11(34(24,25)26)7-15(16(8)13)36(30,31)32;;;;/h1-7H,18H2,(H,19,20)(H,21,22,23)(H,24,25,26)(H,27,28,29)(H,30,31,32);;;;/q;4*+1/p-4. The number of hydrogen-bond donors (Lipinski definition) is 2. The zero-order valence-electron chi connectivity index (χ0n) is 21.1. The Bertz CT molecular complexity index is 1890. The summed E-state index contributed by atoms with van der Waals surface area (Å²) in [5.41, 5.74) is 3.53. The number of fused-ring (bicyclic) bond motifs is 1. The van der Waals surface area contributed by atoms with Crippen LogP contribution in [0.25, 0.3) is 10.8 Å². The smallest absolute Gasteiger partial charge is 0.744 e. The number of carbonyl (C=O) groups excluding carboxylic acids is 1. The second kappa shape index (κ2) is 15.2. The van der Waals surface area contributed by atoms with Gasteiger partial charge in [0.25, 0.3) is 5.91 Å². The van der Waals surface area contributed by atoms with Crippen molar-refractivity contribution in [1.29, 1.82) is 0 Å². The normalized spacial score (nSPS) is 11.7. The zero-order chi connectivity index (χ0) is 27.4. The summed E-state index contributed by atoms with van der Waals surface area (Å²) in [5.74, 6) is -1.48. The van der Waals surface area contributed by atoms with Crippen LogP contribution < -0.4 is 129 Å². The van der Waals surface area contributed by atoms with Crippen LogP contribution in [0.2, 0.25) is 0 Å². The van der Waals surface area contributed by atoms with Crippen LogP contribution in [0.5, 0.6) is 0 Å². The van der Waals surface area contributed by atoms with Crippen LogP contribution in [-0.2, 0) is 40.5 Å². The predicted octanol–water partition coefficient (Wildman–Crippen LogP) is -12.7. The molecule has 0 heterocycles. The molecule has 0 spiro atoms. The fraction of sp³-hybridized carbons (Fsp3) is 0. The average Bonchev–Trinajstić information content (AvgIpc) is 2.69. The van der Waals surface area contributed by atoms with Gasteiger partial charge in [0.15, 0.2) is 0 Å². The molecular weight excluding hydrogens is 660 g/mol. The van der Waals surface area contributed by atoms with Gasteiger partial charge < -0.3 is 29.3 Å². The van der Waals surface area contributed by atoms with Crippen LogP contribution in [0.3, 0.4) is 0 Å². The summed E-state index contributed by atoms with van der Waals surface area (Å²) in [6.45, 7) is 0. The van der Waals surface area contributed by atoms with Crippen LogP contribution in [-0.4, -0.2) is 57.8 Å². The van der Waals surface area contributed by atoms with Crippen molar-refractivity contribution < 1.29 is 175 Å². The molecule has 0 radical (unpaired) electrons. The quantitative estimate of drug-likeness (QED) is 0.140. The third-order valence-corrected chi connectivity index (χ3v) is 7.95. The first-order valence-corrected chi connectivity index (χ1v) is 14.5. The molecule has 3 rings (SSSR count). The van der Waals surface area contributed by atoms with Gasteiger partial charge in [0.1, 0.15) is 40.5 Å². The molecule has 0 atom stereocenters. The number of nitrogens with two attached hydrogens (primary N) is 1. The molecule has 0 saturated carbocycles. The molecular formula is C17H10N2Na4O13S4. The monoisotopic (exact) mass is 670 g/mol. The number of amides is 1. The Labute approximate surface area is 317 Å². The third kappa shape index (κ3) is 10.2. The van der Waals surface area contributed by atoms with E-state index in [1.54, 1.807) is 0 Å². The fourth-order valence-corrected chi connectivity index (χ4v) is 5.69. The largest absolute Gasteiger partial charge is 1.00 e. The Hall–Kier alpha value is 0.830. The number of carbonyl (C=O) groups is 1. The minimum absolute atomic E-state index is 0. The van der Waals surface area contributed by atoms with E-state index in [2.05, 4.69) is 0 Å². The van der Waals surface area contributed by atoms with E-state index in [1.807, 2.05) is 5.32 Å². The van der Waals surface area contributed by atoms with Gasteiger partial charge in [0.2, 0.25) is 0 Å². The molecule has 3 aromatic rings. The summed E-state index contributed by atoms with van der Waals surface area (Å²) in [7, 11) is -21.7. The van der Waals surface area contributed by atoms with Crippen LogP contribution in [0.4, 0.5) is 11.4 Å². The van der Waals surface area contributed by atoms with E-state index in [1.165, 1.54) is 0 Å². The summed E-state index contributed by atoms with van der Waals surface area (Å²) in [6, 6.07) is 3.85. The number of hydrogen-bond acceptors (Lipinski definition) is 14. The van der Waals surface area contributed by atoms with Crippen LogP contribution in [0.1, 0.15) is 10.4 Å². The molecule has 0 saturated heterocycles. The number of rotatable bonds is 6. The molecule has 0 aliphatic carbocycles. The van der Waals surface area contributed by atoms with Crippen LogP contribution in [0, 0.1) is 0 Å². The number of benzene rings is 3. The summed E-state index contributed by atoms with van der Waals surface area (Å²) >= 11 is 0. The Morgan fingerprint density at radius 2 is 1.07 bits per heavy atom. The van der Waals surface area contributed by atoms with Crippen molar-refractivity contribution in [3.05, 3.63) is 48.0 Å². The summed E-state index contributed by atoms with van der Waals surface area (Å²) < 4.78 is 139. The van der Waals surface area contributed by atoms with Crippen molar-refractivity contribution in [2.24, 2.45) is 0 Å². The predicted molar refractivity (Wildman–Crippen MR) is 115 cm³/mol. The van der Waals surface area contributed by atoms with Gasteiger partial charge in [-0.1, -0.05) is 0 Å². The number of nitrogens with one attached hydrogen (secondary N) is 1. The maximum absolute atomic E-state index is 12.9. The third-order valence-electron chi connectivity index (χ3n) is 4.57. The maximum Gasteiger partial charge on any atom is 1.00 e. The Morgan fingerprint density at radius 1 is 0.625 bits per heavy atom. The Balaban J connectivity index is 0. The van der Waals surface area contributed by atoms with E-state index in [0.717, 1.165) is 12.1 Å². The van der Waals surface area contributed by atoms with E-state index in [-0.39, 0.29) is 130 Å². The molecule has 3 N–H and O–H groups in total. The number of nitrogen functional groups attached to an aromatic ring is 1. The van der Waals surface area contributed by atoms with Gasteiger partial charge in [-0.15, -0.1) is 0 Å². The molecule has 1 amide bonds. The molecule has 40 heavy (non-hydrogen) atoms. The molecule has 0 aliphatic rings. The molecule has 0 aromatic heterocycles. The van der Waals surface area contributed by atoms with Gasteiger partial charge in [-0.05, 0) is 47.9 Å². The van der Waals surface area contributed by atoms with Crippen molar-refractivity contribution >= 4 is 68.5 Å². The van der Waals surface area contributed by atoms with Gasteiger partial charge in [0, 0.05) is 11.1 Å². The summed E-state index contributed by atoms with van der Waals surface area (Å²) in [5, 5.41) is 0.315. The first-order chi connectivity index (χ1) is 16.2. The summed E-state index contributed by atoms with van der Waals surface area (Å²) in [4.78, 5) is 7.93. The molecule has 0 aliphatic heterocycles. The van der Waals surface area contributed by atoms with Crippen LogP contribution in [0.15, 0.2) is 62.0 Å².